The lowest BCUT2D eigenvalue weighted by Gasteiger charge is -2.40. The molecule has 1 aromatic rings. The molecular formula is C20H28F3N3O3S. The molecule has 3 rings (SSSR count). The Labute approximate surface area is 175 Å². The molecule has 2 heterocycles. The molecule has 0 spiro atoms. The molecule has 1 aromatic carbocycles. The summed E-state index contributed by atoms with van der Waals surface area (Å²) in [5, 5.41) is 0. The Balaban J connectivity index is 1.67. The predicted octanol–water partition coefficient (Wildman–Crippen LogP) is 2.80. The van der Waals surface area contributed by atoms with Crippen LogP contribution in [0.5, 0.6) is 0 Å². The lowest BCUT2D eigenvalue weighted by atomic mass is 10.0. The lowest BCUT2D eigenvalue weighted by molar-refractivity contribution is -0.139. The van der Waals surface area contributed by atoms with Crippen molar-refractivity contribution in [2.75, 3.05) is 39.3 Å². The molecule has 6 nitrogen and oxygen atoms in total. The summed E-state index contributed by atoms with van der Waals surface area (Å²) in [4.78, 5) is 16.5. The van der Waals surface area contributed by atoms with Gasteiger partial charge < -0.3 is 4.90 Å². The summed E-state index contributed by atoms with van der Waals surface area (Å²) >= 11 is 0. The quantitative estimate of drug-likeness (QED) is 0.697. The fraction of sp³-hybridized carbons (Fsp3) is 0.650. The number of halogens is 3. The van der Waals surface area contributed by atoms with Crippen LogP contribution in [0.2, 0.25) is 0 Å². The monoisotopic (exact) mass is 447 g/mol. The highest BCUT2D eigenvalue weighted by molar-refractivity contribution is 7.89. The maximum atomic E-state index is 13.0. The van der Waals surface area contributed by atoms with Crippen LogP contribution in [0.25, 0.3) is 0 Å². The van der Waals surface area contributed by atoms with Gasteiger partial charge in [-0.2, -0.15) is 17.5 Å². The Kier molecular flexibility index (Phi) is 7.09. The summed E-state index contributed by atoms with van der Waals surface area (Å²) in [7, 11) is -4.05. The minimum atomic E-state index is -4.61. The largest absolute Gasteiger partial charge is 0.416 e. The van der Waals surface area contributed by atoms with Gasteiger partial charge in [-0.25, -0.2) is 8.42 Å². The van der Waals surface area contributed by atoms with Crippen LogP contribution >= 0.6 is 0 Å². The molecule has 0 aliphatic carbocycles. The Morgan fingerprint density at radius 1 is 1.10 bits per heavy atom. The number of alkyl halides is 3. The van der Waals surface area contributed by atoms with Crippen LogP contribution in [-0.4, -0.2) is 73.7 Å². The van der Waals surface area contributed by atoms with E-state index < -0.39 is 21.8 Å². The SMILES string of the molecule is CCCN1CCCCC1C(=O)N1CCN(S(=O)(=O)c2cccc(C(F)(F)F)c2)CC1. The van der Waals surface area contributed by atoms with Crippen LogP contribution in [0.3, 0.4) is 0 Å². The molecule has 2 aliphatic heterocycles. The van der Waals surface area contributed by atoms with Crippen molar-refractivity contribution in [3.05, 3.63) is 29.8 Å². The molecule has 1 atom stereocenters. The second-order valence-electron chi connectivity index (χ2n) is 7.80. The standard InChI is InChI=1S/C20H28F3N3O3S/c1-2-9-24-10-4-3-8-18(24)19(27)25-11-13-26(14-12-25)30(28,29)17-7-5-6-16(15-17)20(21,22)23/h5-7,15,18H,2-4,8-14H2,1H3. The zero-order chi connectivity index (χ0) is 21.9. The highest BCUT2D eigenvalue weighted by Crippen LogP contribution is 2.31. The molecule has 1 unspecified atom stereocenters. The van der Waals surface area contributed by atoms with Gasteiger partial charge in [-0.1, -0.05) is 19.4 Å². The van der Waals surface area contributed by atoms with Gasteiger partial charge in [-0.05, 0) is 50.6 Å². The number of piperidine rings is 1. The molecule has 30 heavy (non-hydrogen) atoms. The third-order valence-corrected chi connectivity index (χ3v) is 7.65. The van der Waals surface area contributed by atoms with Gasteiger partial charge in [-0.15, -0.1) is 0 Å². The minimum Gasteiger partial charge on any atom is -0.339 e. The Morgan fingerprint density at radius 2 is 1.80 bits per heavy atom. The van der Waals surface area contributed by atoms with Crippen molar-refractivity contribution in [1.82, 2.24) is 14.1 Å². The highest BCUT2D eigenvalue weighted by atomic mass is 32.2. The zero-order valence-electron chi connectivity index (χ0n) is 17.1. The summed E-state index contributed by atoms with van der Waals surface area (Å²) in [5.41, 5.74) is -0.995. The second kappa shape index (κ2) is 9.23. The Hall–Kier alpha value is -1.65. The van der Waals surface area contributed by atoms with Crippen molar-refractivity contribution >= 4 is 15.9 Å². The molecular weight excluding hydrogens is 419 g/mol. The van der Waals surface area contributed by atoms with E-state index in [1.165, 1.54) is 6.07 Å². The van der Waals surface area contributed by atoms with Gasteiger partial charge >= 0.3 is 6.18 Å². The summed E-state index contributed by atoms with van der Waals surface area (Å²) < 4.78 is 65.7. The number of sulfonamides is 1. The van der Waals surface area contributed by atoms with Gasteiger partial charge in [0.05, 0.1) is 16.5 Å². The van der Waals surface area contributed by atoms with Crippen LogP contribution in [0.4, 0.5) is 13.2 Å². The van der Waals surface area contributed by atoms with E-state index in [4.69, 9.17) is 0 Å². The number of nitrogens with zero attached hydrogens (tertiary/aromatic N) is 3. The molecule has 0 aromatic heterocycles. The number of rotatable bonds is 5. The van der Waals surface area contributed by atoms with Crippen LogP contribution < -0.4 is 0 Å². The number of hydrogen-bond donors (Lipinski definition) is 0. The third-order valence-electron chi connectivity index (χ3n) is 5.76. The number of piperazine rings is 1. The topological polar surface area (TPSA) is 60.9 Å². The van der Waals surface area contributed by atoms with Crippen molar-refractivity contribution in [2.45, 2.75) is 49.7 Å². The second-order valence-corrected chi connectivity index (χ2v) is 9.74. The average Bonchev–Trinajstić information content (AvgIpc) is 2.73. The van der Waals surface area contributed by atoms with E-state index in [9.17, 15) is 26.4 Å². The fourth-order valence-electron chi connectivity index (χ4n) is 4.17. The number of benzene rings is 1. The van der Waals surface area contributed by atoms with Crippen LogP contribution in [0.15, 0.2) is 29.2 Å². The summed E-state index contributed by atoms with van der Waals surface area (Å²) in [6.45, 7) is 4.47. The van der Waals surface area contributed by atoms with E-state index in [0.717, 1.165) is 55.2 Å². The maximum absolute atomic E-state index is 13.0. The fourth-order valence-corrected chi connectivity index (χ4v) is 5.64. The van der Waals surface area contributed by atoms with Crippen molar-refractivity contribution in [1.29, 1.82) is 0 Å². The molecule has 0 N–H and O–H groups in total. The molecule has 2 saturated heterocycles. The number of likely N-dealkylation sites (tertiary alicyclic amines) is 1. The number of hydrogen-bond acceptors (Lipinski definition) is 4. The minimum absolute atomic E-state index is 0.0271. The molecule has 0 bridgehead atoms. The number of carbonyl (C=O) groups is 1. The first-order valence-corrected chi connectivity index (χ1v) is 11.8. The summed E-state index contributed by atoms with van der Waals surface area (Å²) in [5.74, 6) is 0.0271. The molecule has 2 fully saturated rings. The van der Waals surface area contributed by atoms with E-state index in [1.807, 2.05) is 0 Å². The van der Waals surface area contributed by atoms with E-state index in [-0.39, 0.29) is 43.0 Å². The van der Waals surface area contributed by atoms with Gasteiger partial charge in [0.2, 0.25) is 15.9 Å². The molecule has 168 valence electrons. The van der Waals surface area contributed by atoms with Gasteiger partial charge in [0.1, 0.15) is 0 Å². The molecule has 10 heteroatoms. The van der Waals surface area contributed by atoms with E-state index in [2.05, 4.69) is 11.8 Å². The first-order valence-electron chi connectivity index (χ1n) is 10.3. The molecule has 0 radical (unpaired) electrons. The Morgan fingerprint density at radius 3 is 2.43 bits per heavy atom. The third kappa shape index (κ3) is 4.97. The van der Waals surface area contributed by atoms with Crippen LogP contribution in [0, 0.1) is 0 Å². The van der Waals surface area contributed by atoms with E-state index in [0.29, 0.717) is 6.07 Å². The predicted molar refractivity (Wildman–Crippen MR) is 106 cm³/mol. The van der Waals surface area contributed by atoms with Gasteiger partial charge in [0.25, 0.3) is 0 Å². The molecule has 2 aliphatic rings. The van der Waals surface area contributed by atoms with Gasteiger partial charge in [0.15, 0.2) is 0 Å². The molecule has 0 saturated carbocycles. The number of amides is 1. The van der Waals surface area contributed by atoms with Crippen molar-refractivity contribution in [2.24, 2.45) is 0 Å². The van der Waals surface area contributed by atoms with Gasteiger partial charge in [0, 0.05) is 26.2 Å². The van der Waals surface area contributed by atoms with Crippen molar-refractivity contribution in [3.8, 4) is 0 Å². The zero-order valence-corrected chi connectivity index (χ0v) is 17.9. The number of carbonyl (C=O) groups excluding carboxylic acids is 1. The maximum Gasteiger partial charge on any atom is 0.416 e. The normalized spacial score (nSPS) is 22.3. The average molecular weight is 448 g/mol. The summed E-state index contributed by atoms with van der Waals surface area (Å²) in [6, 6.07) is 3.62. The van der Waals surface area contributed by atoms with Crippen LogP contribution in [0.1, 0.15) is 38.2 Å². The van der Waals surface area contributed by atoms with Gasteiger partial charge in [-0.3, -0.25) is 9.69 Å². The van der Waals surface area contributed by atoms with Crippen molar-refractivity contribution in [3.63, 3.8) is 0 Å². The first kappa shape index (κ1) is 23.0. The highest BCUT2D eigenvalue weighted by Gasteiger charge is 2.36. The van der Waals surface area contributed by atoms with E-state index in [1.54, 1.807) is 4.90 Å². The summed E-state index contributed by atoms with van der Waals surface area (Å²) in [6.07, 6.45) is -0.761. The smallest absolute Gasteiger partial charge is 0.339 e. The van der Waals surface area contributed by atoms with Crippen molar-refractivity contribution < 1.29 is 26.4 Å². The van der Waals surface area contributed by atoms with Crippen LogP contribution in [-0.2, 0) is 21.0 Å². The molecule has 1 amide bonds. The van der Waals surface area contributed by atoms with E-state index >= 15 is 0 Å². The lowest BCUT2D eigenvalue weighted by Crippen LogP contribution is -2.56. The first-order chi connectivity index (χ1) is 14.1. The Bertz CT molecular complexity index is 850.